The van der Waals surface area contributed by atoms with E-state index in [1.54, 1.807) is 22.3 Å². The normalized spacial score (nSPS) is 11.2. The highest BCUT2D eigenvalue weighted by molar-refractivity contribution is 7.18. The van der Waals surface area contributed by atoms with Gasteiger partial charge in [0.15, 0.2) is 0 Å². The molecule has 1 aromatic heterocycles. The lowest BCUT2D eigenvalue weighted by Crippen LogP contribution is -2.38. The highest BCUT2D eigenvalue weighted by Crippen LogP contribution is 2.22. The van der Waals surface area contributed by atoms with Crippen LogP contribution in [0.25, 0.3) is 10.2 Å². The standard InChI is InChI=1S/C20H22FN3OS/c1-3-24(12-15-7-6-8-16(21)11-15)20(25)14-23(2)13-19-22-17-9-4-5-10-18(17)26-19/h4-11H,3,12-14H2,1-2H3. The molecule has 0 aliphatic rings. The lowest BCUT2D eigenvalue weighted by Gasteiger charge is -2.24. The van der Waals surface area contributed by atoms with E-state index in [1.807, 2.05) is 43.1 Å². The van der Waals surface area contributed by atoms with Crippen molar-refractivity contribution in [3.63, 3.8) is 0 Å². The van der Waals surface area contributed by atoms with Crippen LogP contribution < -0.4 is 0 Å². The maximum atomic E-state index is 13.3. The minimum absolute atomic E-state index is 0.0281. The van der Waals surface area contributed by atoms with Crippen molar-refractivity contribution in [2.45, 2.75) is 20.0 Å². The number of benzene rings is 2. The van der Waals surface area contributed by atoms with Crippen molar-refractivity contribution < 1.29 is 9.18 Å². The van der Waals surface area contributed by atoms with Gasteiger partial charge in [-0.2, -0.15) is 0 Å². The molecule has 1 amide bonds. The third kappa shape index (κ3) is 4.65. The molecule has 1 heterocycles. The van der Waals surface area contributed by atoms with Crippen molar-refractivity contribution in [3.8, 4) is 0 Å². The van der Waals surface area contributed by atoms with Crippen LogP contribution >= 0.6 is 11.3 Å². The Labute approximate surface area is 156 Å². The SMILES string of the molecule is CCN(Cc1cccc(F)c1)C(=O)CN(C)Cc1nc2ccccc2s1. The molecule has 3 aromatic rings. The van der Waals surface area contributed by atoms with Crippen molar-refractivity contribution in [3.05, 3.63) is 64.9 Å². The van der Waals surface area contributed by atoms with Gasteiger partial charge in [0, 0.05) is 13.1 Å². The van der Waals surface area contributed by atoms with E-state index >= 15 is 0 Å². The van der Waals surface area contributed by atoms with E-state index < -0.39 is 0 Å². The van der Waals surface area contributed by atoms with Gasteiger partial charge in [0.05, 0.1) is 23.3 Å². The van der Waals surface area contributed by atoms with Gasteiger partial charge in [-0.05, 0) is 43.8 Å². The van der Waals surface area contributed by atoms with E-state index in [0.29, 0.717) is 26.2 Å². The Balaban J connectivity index is 1.59. The Morgan fingerprint density at radius 2 is 1.96 bits per heavy atom. The van der Waals surface area contributed by atoms with E-state index in [9.17, 15) is 9.18 Å². The molecule has 0 aliphatic heterocycles. The molecule has 0 unspecified atom stereocenters. The summed E-state index contributed by atoms with van der Waals surface area (Å²) < 4.78 is 14.5. The second-order valence-electron chi connectivity index (χ2n) is 6.29. The summed E-state index contributed by atoms with van der Waals surface area (Å²) in [7, 11) is 1.92. The molecule has 0 N–H and O–H groups in total. The van der Waals surface area contributed by atoms with Crippen LogP contribution in [-0.2, 0) is 17.9 Å². The Morgan fingerprint density at radius 3 is 2.69 bits per heavy atom. The molecule has 2 aromatic carbocycles. The van der Waals surface area contributed by atoms with Gasteiger partial charge in [0.25, 0.3) is 0 Å². The van der Waals surface area contributed by atoms with Gasteiger partial charge in [-0.1, -0.05) is 24.3 Å². The number of thiazole rings is 1. The van der Waals surface area contributed by atoms with Gasteiger partial charge < -0.3 is 4.90 Å². The van der Waals surface area contributed by atoms with E-state index in [4.69, 9.17) is 0 Å². The van der Waals surface area contributed by atoms with Crippen LogP contribution in [0.1, 0.15) is 17.5 Å². The van der Waals surface area contributed by atoms with Crippen molar-refractivity contribution in [1.29, 1.82) is 0 Å². The smallest absolute Gasteiger partial charge is 0.237 e. The molecule has 0 spiro atoms. The van der Waals surface area contributed by atoms with E-state index in [1.165, 1.54) is 12.1 Å². The van der Waals surface area contributed by atoms with E-state index in [-0.39, 0.29) is 11.7 Å². The number of para-hydroxylation sites is 1. The zero-order valence-corrected chi connectivity index (χ0v) is 15.8. The Bertz CT molecular complexity index is 862. The summed E-state index contributed by atoms with van der Waals surface area (Å²) in [4.78, 5) is 20.9. The highest BCUT2D eigenvalue weighted by atomic mass is 32.1. The first-order chi connectivity index (χ1) is 12.5. The molecule has 136 valence electrons. The maximum Gasteiger partial charge on any atom is 0.237 e. The molecule has 3 rings (SSSR count). The van der Waals surface area contributed by atoms with Gasteiger partial charge in [-0.15, -0.1) is 11.3 Å². The minimum Gasteiger partial charge on any atom is -0.338 e. The van der Waals surface area contributed by atoms with Gasteiger partial charge >= 0.3 is 0 Å². The lowest BCUT2D eigenvalue weighted by atomic mass is 10.2. The predicted octanol–water partition coefficient (Wildman–Crippen LogP) is 3.92. The Hall–Kier alpha value is -2.31. The number of hydrogen-bond donors (Lipinski definition) is 0. The molecule has 0 fully saturated rings. The molecule has 26 heavy (non-hydrogen) atoms. The van der Waals surface area contributed by atoms with Crippen LogP contribution in [0.3, 0.4) is 0 Å². The second-order valence-corrected chi connectivity index (χ2v) is 7.40. The van der Waals surface area contributed by atoms with Crippen LogP contribution in [0.5, 0.6) is 0 Å². The third-order valence-corrected chi connectivity index (χ3v) is 5.17. The minimum atomic E-state index is -0.279. The van der Waals surface area contributed by atoms with Crippen molar-refractivity contribution >= 4 is 27.5 Å². The highest BCUT2D eigenvalue weighted by Gasteiger charge is 2.16. The molecule has 0 atom stereocenters. The quantitative estimate of drug-likeness (QED) is 0.632. The van der Waals surface area contributed by atoms with Crippen molar-refractivity contribution in [2.24, 2.45) is 0 Å². The monoisotopic (exact) mass is 371 g/mol. The number of fused-ring (bicyclic) bond motifs is 1. The average molecular weight is 371 g/mol. The second kappa shape index (κ2) is 8.38. The summed E-state index contributed by atoms with van der Waals surface area (Å²) in [5.41, 5.74) is 1.79. The van der Waals surface area contributed by atoms with Crippen LogP contribution in [0, 0.1) is 5.82 Å². The number of halogens is 1. The number of carbonyl (C=O) groups is 1. The summed E-state index contributed by atoms with van der Waals surface area (Å²) in [6.07, 6.45) is 0. The number of amides is 1. The first-order valence-electron chi connectivity index (χ1n) is 8.60. The largest absolute Gasteiger partial charge is 0.338 e. The van der Waals surface area contributed by atoms with Gasteiger partial charge in [-0.3, -0.25) is 9.69 Å². The van der Waals surface area contributed by atoms with Crippen LogP contribution in [0.4, 0.5) is 4.39 Å². The number of rotatable bonds is 7. The fraction of sp³-hybridized carbons (Fsp3) is 0.300. The summed E-state index contributed by atoms with van der Waals surface area (Å²) >= 11 is 1.65. The van der Waals surface area contributed by atoms with E-state index in [0.717, 1.165) is 20.8 Å². The Kier molecular flexibility index (Phi) is 5.96. The first-order valence-corrected chi connectivity index (χ1v) is 9.42. The van der Waals surface area contributed by atoms with Crippen LogP contribution in [0.2, 0.25) is 0 Å². The number of hydrogen-bond acceptors (Lipinski definition) is 4. The van der Waals surface area contributed by atoms with Crippen LogP contribution in [-0.4, -0.2) is 40.8 Å². The first kappa shape index (κ1) is 18.5. The molecular formula is C20H22FN3OS. The summed E-state index contributed by atoms with van der Waals surface area (Å²) in [5, 5.41) is 0.995. The fourth-order valence-corrected chi connectivity index (χ4v) is 3.88. The van der Waals surface area contributed by atoms with Crippen LogP contribution in [0.15, 0.2) is 48.5 Å². The number of carbonyl (C=O) groups excluding carboxylic acids is 1. The van der Waals surface area contributed by atoms with Gasteiger partial charge in [-0.25, -0.2) is 9.37 Å². The van der Waals surface area contributed by atoms with Gasteiger partial charge in [0.1, 0.15) is 10.8 Å². The molecule has 4 nitrogen and oxygen atoms in total. The zero-order chi connectivity index (χ0) is 18.5. The molecule has 0 radical (unpaired) electrons. The number of nitrogens with zero attached hydrogens (tertiary/aromatic N) is 3. The summed E-state index contributed by atoms with van der Waals surface area (Å²) in [6, 6.07) is 14.4. The maximum absolute atomic E-state index is 13.3. The summed E-state index contributed by atoms with van der Waals surface area (Å²) in [5.74, 6) is -0.251. The molecule has 0 bridgehead atoms. The van der Waals surface area contributed by atoms with Gasteiger partial charge in [0.2, 0.25) is 5.91 Å². The summed E-state index contributed by atoms with van der Waals surface area (Å²) in [6.45, 7) is 3.87. The average Bonchev–Trinajstić information content (AvgIpc) is 3.01. The molecule has 0 saturated heterocycles. The molecular weight excluding hydrogens is 349 g/mol. The molecule has 0 saturated carbocycles. The molecule has 0 aliphatic carbocycles. The predicted molar refractivity (Wildman–Crippen MR) is 103 cm³/mol. The lowest BCUT2D eigenvalue weighted by molar-refractivity contribution is -0.132. The fourth-order valence-electron chi connectivity index (χ4n) is 2.84. The van der Waals surface area contributed by atoms with E-state index in [2.05, 4.69) is 11.1 Å². The number of aromatic nitrogens is 1. The molecule has 6 heteroatoms. The number of likely N-dealkylation sites (N-methyl/N-ethyl adjacent to an activating group) is 2. The topological polar surface area (TPSA) is 36.4 Å². The Morgan fingerprint density at radius 1 is 1.15 bits per heavy atom. The van der Waals surface area contributed by atoms with Crippen molar-refractivity contribution in [2.75, 3.05) is 20.1 Å². The zero-order valence-electron chi connectivity index (χ0n) is 15.0. The van der Waals surface area contributed by atoms with Crippen molar-refractivity contribution in [1.82, 2.24) is 14.8 Å². The third-order valence-electron chi connectivity index (χ3n) is 4.15.